The molecule has 0 saturated carbocycles. The monoisotopic (exact) mass is 302 g/mol. The maximum Gasteiger partial charge on any atom is 0.306 e. The third-order valence-electron chi connectivity index (χ3n) is 2.86. The topological polar surface area (TPSA) is 84.9 Å². The summed E-state index contributed by atoms with van der Waals surface area (Å²) in [6.07, 6.45) is 1.12. The van der Waals surface area contributed by atoms with Crippen molar-refractivity contribution in [3.63, 3.8) is 0 Å². The number of hydrogen-bond acceptors (Lipinski definition) is 6. The molecule has 0 aromatic heterocycles. The molecule has 7 nitrogen and oxygen atoms in total. The van der Waals surface area contributed by atoms with Crippen LogP contribution in [0.4, 0.5) is 0 Å². The number of rotatable bonds is 11. The lowest BCUT2D eigenvalue weighted by molar-refractivity contribution is -0.143. The van der Waals surface area contributed by atoms with Crippen molar-refractivity contribution in [2.45, 2.75) is 33.1 Å². The first-order valence-electron chi connectivity index (χ1n) is 7.24. The van der Waals surface area contributed by atoms with Crippen molar-refractivity contribution in [1.82, 2.24) is 10.2 Å². The van der Waals surface area contributed by atoms with E-state index in [1.807, 2.05) is 11.8 Å². The molecule has 0 saturated heterocycles. The van der Waals surface area contributed by atoms with Crippen molar-refractivity contribution >= 4 is 17.8 Å². The number of esters is 2. The van der Waals surface area contributed by atoms with Crippen molar-refractivity contribution < 1.29 is 23.9 Å². The molecule has 0 aliphatic carbocycles. The molecule has 21 heavy (non-hydrogen) atoms. The molecule has 0 bridgehead atoms. The van der Waals surface area contributed by atoms with Crippen molar-refractivity contribution in [1.29, 1.82) is 0 Å². The lowest BCUT2D eigenvalue weighted by Gasteiger charge is -2.19. The Bertz CT molecular complexity index is 333. The quantitative estimate of drug-likeness (QED) is 0.437. The Hall–Kier alpha value is -1.63. The summed E-state index contributed by atoms with van der Waals surface area (Å²) in [6.45, 7) is 5.88. The molecule has 1 amide bonds. The molecular weight excluding hydrogens is 276 g/mol. The molecule has 0 atom stereocenters. The second-order valence-corrected chi connectivity index (χ2v) is 4.45. The van der Waals surface area contributed by atoms with Crippen LogP contribution in [-0.4, -0.2) is 62.6 Å². The van der Waals surface area contributed by atoms with Gasteiger partial charge in [-0.1, -0.05) is 6.92 Å². The zero-order valence-corrected chi connectivity index (χ0v) is 13.1. The highest BCUT2D eigenvalue weighted by molar-refractivity contribution is 5.78. The van der Waals surface area contributed by atoms with Gasteiger partial charge in [0.05, 0.1) is 26.7 Å². The summed E-state index contributed by atoms with van der Waals surface area (Å²) in [5.41, 5.74) is 0. The fourth-order valence-electron chi connectivity index (χ4n) is 1.65. The Balaban J connectivity index is 3.79. The molecule has 7 heteroatoms. The molecular formula is C14H26N2O5. The van der Waals surface area contributed by atoms with Gasteiger partial charge in [-0.3, -0.25) is 19.3 Å². The van der Waals surface area contributed by atoms with Crippen molar-refractivity contribution in [2.24, 2.45) is 0 Å². The zero-order chi connectivity index (χ0) is 16.1. The van der Waals surface area contributed by atoms with E-state index in [4.69, 9.17) is 4.74 Å². The molecule has 122 valence electrons. The predicted octanol–water partition coefficient (Wildman–Crippen LogP) is 0.331. The summed E-state index contributed by atoms with van der Waals surface area (Å²) < 4.78 is 9.35. The SMILES string of the molecule is CCOC(=O)CCCNC(=O)CN(CC)CCC(=O)OC. The number of ether oxygens (including phenoxy) is 2. The number of carbonyl (C=O) groups excluding carboxylic acids is 3. The third-order valence-corrected chi connectivity index (χ3v) is 2.86. The number of carbonyl (C=O) groups is 3. The number of hydrogen-bond donors (Lipinski definition) is 1. The summed E-state index contributed by atoms with van der Waals surface area (Å²) in [4.78, 5) is 35.7. The first kappa shape index (κ1) is 19.4. The fourth-order valence-corrected chi connectivity index (χ4v) is 1.65. The summed E-state index contributed by atoms with van der Waals surface area (Å²) in [7, 11) is 1.34. The first-order chi connectivity index (χ1) is 10.0. The minimum Gasteiger partial charge on any atom is -0.469 e. The van der Waals surface area contributed by atoms with Crippen LogP contribution in [0.15, 0.2) is 0 Å². The number of methoxy groups -OCH3 is 1. The van der Waals surface area contributed by atoms with Gasteiger partial charge in [-0.25, -0.2) is 0 Å². The molecule has 0 spiro atoms. The molecule has 0 fully saturated rings. The van der Waals surface area contributed by atoms with Crippen molar-refractivity contribution in [3.8, 4) is 0 Å². The largest absolute Gasteiger partial charge is 0.469 e. The smallest absolute Gasteiger partial charge is 0.306 e. The Morgan fingerprint density at radius 1 is 1.10 bits per heavy atom. The number of likely N-dealkylation sites (N-methyl/N-ethyl adjacent to an activating group) is 1. The van der Waals surface area contributed by atoms with Crippen molar-refractivity contribution in [2.75, 3.05) is 39.9 Å². The molecule has 0 rings (SSSR count). The van der Waals surface area contributed by atoms with Gasteiger partial charge in [-0.15, -0.1) is 0 Å². The molecule has 0 aromatic carbocycles. The highest BCUT2D eigenvalue weighted by Gasteiger charge is 2.11. The van der Waals surface area contributed by atoms with Gasteiger partial charge >= 0.3 is 11.9 Å². The predicted molar refractivity (Wildman–Crippen MR) is 77.6 cm³/mol. The van der Waals surface area contributed by atoms with Gasteiger partial charge in [-0.05, 0) is 19.9 Å². The highest BCUT2D eigenvalue weighted by atomic mass is 16.5. The molecule has 0 aliphatic rings. The van der Waals surface area contributed by atoms with E-state index in [1.165, 1.54) is 7.11 Å². The average molecular weight is 302 g/mol. The van der Waals surface area contributed by atoms with Crippen molar-refractivity contribution in [3.05, 3.63) is 0 Å². The average Bonchev–Trinajstić information content (AvgIpc) is 2.47. The summed E-state index contributed by atoms with van der Waals surface area (Å²) >= 11 is 0. The van der Waals surface area contributed by atoms with Crippen LogP contribution in [0.3, 0.4) is 0 Å². The van der Waals surface area contributed by atoms with E-state index in [0.717, 1.165) is 0 Å². The second kappa shape index (κ2) is 12.1. The van der Waals surface area contributed by atoms with Gasteiger partial charge in [0.1, 0.15) is 0 Å². The molecule has 0 unspecified atom stereocenters. The van der Waals surface area contributed by atoms with E-state index in [0.29, 0.717) is 39.1 Å². The van der Waals surface area contributed by atoms with Crippen LogP contribution in [0.2, 0.25) is 0 Å². The lowest BCUT2D eigenvalue weighted by Crippen LogP contribution is -2.38. The van der Waals surface area contributed by atoms with Gasteiger partial charge in [0.15, 0.2) is 0 Å². The van der Waals surface area contributed by atoms with Gasteiger partial charge < -0.3 is 14.8 Å². The lowest BCUT2D eigenvalue weighted by atomic mass is 10.3. The van der Waals surface area contributed by atoms with Crippen LogP contribution in [0.1, 0.15) is 33.1 Å². The normalized spacial score (nSPS) is 10.3. The highest BCUT2D eigenvalue weighted by Crippen LogP contribution is 1.94. The third kappa shape index (κ3) is 10.8. The van der Waals surface area contributed by atoms with Gasteiger partial charge in [0, 0.05) is 19.5 Å². The Kier molecular flexibility index (Phi) is 11.2. The van der Waals surface area contributed by atoms with E-state index in [1.54, 1.807) is 6.92 Å². The molecule has 0 heterocycles. The summed E-state index contributed by atoms with van der Waals surface area (Å²) in [5, 5.41) is 2.74. The number of nitrogens with zero attached hydrogens (tertiary/aromatic N) is 1. The van der Waals surface area contributed by atoms with E-state index in [-0.39, 0.29) is 30.8 Å². The zero-order valence-electron chi connectivity index (χ0n) is 13.1. The van der Waals surface area contributed by atoms with Gasteiger partial charge in [0.2, 0.25) is 5.91 Å². The minimum atomic E-state index is -0.289. The first-order valence-corrected chi connectivity index (χ1v) is 7.24. The van der Waals surface area contributed by atoms with Crippen LogP contribution in [0, 0.1) is 0 Å². The Morgan fingerprint density at radius 2 is 1.81 bits per heavy atom. The van der Waals surface area contributed by atoms with Crippen LogP contribution in [-0.2, 0) is 23.9 Å². The van der Waals surface area contributed by atoms with E-state index in [9.17, 15) is 14.4 Å². The van der Waals surface area contributed by atoms with E-state index >= 15 is 0 Å². The Labute approximate surface area is 126 Å². The van der Waals surface area contributed by atoms with Crippen LogP contribution < -0.4 is 5.32 Å². The second-order valence-electron chi connectivity index (χ2n) is 4.45. The van der Waals surface area contributed by atoms with Crippen LogP contribution in [0.25, 0.3) is 0 Å². The van der Waals surface area contributed by atoms with E-state index < -0.39 is 0 Å². The summed E-state index contributed by atoms with van der Waals surface area (Å²) in [5.74, 6) is -0.658. The maximum absolute atomic E-state index is 11.7. The fraction of sp³-hybridized carbons (Fsp3) is 0.786. The molecule has 0 aromatic rings. The Morgan fingerprint density at radius 3 is 2.38 bits per heavy atom. The van der Waals surface area contributed by atoms with Crippen LogP contribution >= 0.6 is 0 Å². The molecule has 1 N–H and O–H groups in total. The molecule has 0 aliphatic heterocycles. The number of nitrogens with one attached hydrogen (secondary N) is 1. The minimum absolute atomic E-state index is 0.120. The van der Waals surface area contributed by atoms with Crippen LogP contribution in [0.5, 0.6) is 0 Å². The maximum atomic E-state index is 11.7. The van der Waals surface area contributed by atoms with Gasteiger partial charge in [-0.2, -0.15) is 0 Å². The summed E-state index contributed by atoms with van der Waals surface area (Å²) in [6, 6.07) is 0. The van der Waals surface area contributed by atoms with Gasteiger partial charge in [0.25, 0.3) is 0 Å². The standard InChI is InChI=1S/C14H26N2O5/c1-4-16(10-8-13(18)20-3)11-12(17)15-9-6-7-14(19)21-5-2/h4-11H2,1-3H3,(H,15,17). The van der Waals surface area contributed by atoms with E-state index in [2.05, 4.69) is 10.1 Å². The number of amides is 1. The molecule has 0 radical (unpaired) electrons.